The van der Waals surface area contributed by atoms with Crippen molar-refractivity contribution in [3.63, 3.8) is 0 Å². The Morgan fingerprint density at radius 1 is 1.07 bits per heavy atom. The number of aryl methyl sites for hydroxylation is 2. The molecule has 3 rings (SSSR count). The van der Waals surface area contributed by atoms with Crippen molar-refractivity contribution in [2.24, 2.45) is 5.92 Å². The summed E-state index contributed by atoms with van der Waals surface area (Å²) in [4.78, 5) is 48.4. The maximum Gasteiger partial charge on any atom is 0.269 e. The Labute approximate surface area is 166 Å². The number of anilines is 1. The summed E-state index contributed by atoms with van der Waals surface area (Å²) in [5.74, 6) is -1.83. The van der Waals surface area contributed by atoms with Crippen molar-refractivity contribution in [1.29, 1.82) is 0 Å². The molecule has 0 bridgehead atoms. The zero-order valence-corrected chi connectivity index (χ0v) is 16.0. The van der Waals surface area contributed by atoms with E-state index in [9.17, 15) is 24.5 Å². The predicted octanol–water partition coefficient (Wildman–Crippen LogP) is 2.03. The molecule has 9 nitrogen and oxygen atoms in total. The third-order valence-electron chi connectivity index (χ3n) is 4.94. The topological polar surface area (TPSA) is 122 Å². The van der Waals surface area contributed by atoms with Gasteiger partial charge in [0, 0.05) is 36.3 Å². The van der Waals surface area contributed by atoms with Crippen LogP contribution in [0.1, 0.15) is 27.9 Å². The summed E-state index contributed by atoms with van der Waals surface area (Å²) >= 11 is 0. The summed E-state index contributed by atoms with van der Waals surface area (Å²) in [7, 11) is 0. The van der Waals surface area contributed by atoms with Crippen molar-refractivity contribution in [2.75, 3.05) is 11.4 Å². The lowest BCUT2D eigenvalue weighted by molar-refractivity contribution is -0.384. The number of nitro benzene ring substituents is 1. The highest BCUT2D eigenvalue weighted by atomic mass is 16.6. The lowest BCUT2D eigenvalue weighted by atomic mass is 10.1. The number of hydrazine groups is 1. The van der Waals surface area contributed by atoms with Gasteiger partial charge in [0.25, 0.3) is 11.6 Å². The van der Waals surface area contributed by atoms with E-state index < -0.39 is 22.7 Å². The highest BCUT2D eigenvalue weighted by Crippen LogP contribution is 2.26. The second-order valence-electron chi connectivity index (χ2n) is 6.92. The van der Waals surface area contributed by atoms with E-state index in [0.29, 0.717) is 0 Å². The molecule has 150 valence electrons. The number of nitrogens with one attached hydrogen (secondary N) is 2. The standard InChI is InChI=1S/C20H20N4O5/c1-12-3-6-17(9-13(12)2)23-11-15(10-18(23)25)20(27)22-21-19(26)14-4-7-16(8-5-14)24(28)29/h3-9,15H,10-11H2,1-2H3,(H,21,26)(H,22,27)/t15-/m0/s1. The van der Waals surface area contributed by atoms with Crippen molar-refractivity contribution in [2.45, 2.75) is 20.3 Å². The van der Waals surface area contributed by atoms with Crippen molar-refractivity contribution in [3.05, 3.63) is 69.3 Å². The molecule has 2 aromatic rings. The van der Waals surface area contributed by atoms with Crippen molar-refractivity contribution < 1.29 is 19.3 Å². The van der Waals surface area contributed by atoms with Crippen LogP contribution >= 0.6 is 0 Å². The number of rotatable bonds is 4. The van der Waals surface area contributed by atoms with Crippen molar-refractivity contribution in [1.82, 2.24) is 10.9 Å². The molecule has 1 fully saturated rings. The zero-order chi connectivity index (χ0) is 21.1. The van der Waals surface area contributed by atoms with Crippen LogP contribution in [0.15, 0.2) is 42.5 Å². The quantitative estimate of drug-likeness (QED) is 0.605. The second-order valence-corrected chi connectivity index (χ2v) is 6.92. The first-order chi connectivity index (χ1) is 13.8. The second kappa shape index (κ2) is 8.09. The van der Waals surface area contributed by atoms with Gasteiger partial charge in [0.15, 0.2) is 0 Å². The van der Waals surface area contributed by atoms with Crippen LogP contribution in [0.2, 0.25) is 0 Å². The number of benzene rings is 2. The van der Waals surface area contributed by atoms with Crippen LogP contribution in [-0.2, 0) is 9.59 Å². The Bertz CT molecular complexity index is 987. The fourth-order valence-corrected chi connectivity index (χ4v) is 3.05. The molecule has 0 saturated carbocycles. The molecule has 3 amide bonds. The van der Waals surface area contributed by atoms with Crippen molar-refractivity contribution >= 4 is 29.1 Å². The maximum atomic E-state index is 12.4. The third kappa shape index (κ3) is 4.40. The molecule has 1 heterocycles. The van der Waals surface area contributed by atoms with Crippen LogP contribution in [0.4, 0.5) is 11.4 Å². The summed E-state index contributed by atoms with van der Waals surface area (Å²) in [5, 5.41) is 10.7. The van der Waals surface area contributed by atoms with Gasteiger partial charge in [-0.2, -0.15) is 0 Å². The third-order valence-corrected chi connectivity index (χ3v) is 4.94. The van der Waals surface area contributed by atoms with Crippen LogP contribution in [-0.4, -0.2) is 29.2 Å². The summed E-state index contributed by atoms with van der Waals surface area (Å²) < 4.78 is 0. The number of carbonyl (C=O) groups is 3. The largest absolute Gasteiger partial charge is 0.312 e. The minimum atomic E-state index is -0.608. The molecule has 0 radical (unpaired) electrons. The van der Waals surface area contributed by atoms with Gasteiger partial charge in [0.1, 0.15) is 0 Å². The number of nitrogens with zero attached hydrogens (tertiary/aromatic N) is 2. The average molecular weight is 396 g/mol. The Hall–Kier alpha value is -3.75. The van der Waals surface area contributed by atoms with Gasteiger partial charge in [-0.1, -0.05) is 6.07 Å². The lowest BCUT2D eigenvalue weighted by Crippen LogP contribution is -2.45. The van der Waals surface area contributed by atoms with E-state index in [1.165, 1.54) is 24.3 Å². The monoisotopic (exact) mass is 396 g/mol. The minimum Gasteiger partial charge on any atom is -0.312 e. The molecule has 1 atom stereocenters. The summed E-state index contributed by atoms with van der Waals surface area (Å²) in [5.41, 5.74) is 7.53. The normalized spacial score (nSPS) is 15.9. The van der Waals surface area contributed by atoms with Gasteiger partial charge in [-0.05, 0) is 49.2 Å². The first-order valence-electron chi connectivity index (χ1n) is 8.98. The van der Waals surface area contributed by atoms with Gasteiger partial charge in [-0.25, -0.2) is 0 Å². The van der Waals surface area contributed by atoms with Crippen LogP contribution in [0, 0.1) is 29.9 Å². The van der Waals surface area contributed by atoms with E-state index in [4.69, 9.17) is 0 Å². The van der Waals surface area contributed by atoms with Crippen LogP contribution in [0.25, 0.3) is 0 Å². The van der Waals surface area contributed by atoms with Gasteiger partial charge in [-0.3, -0.25) is 35.3 Å². The number of nitro groups is 1. The minimum absolute atomic E-state index is 0.0478. The highest BCUT2D eigenvalue weighted by molar-refractivity contribution is 6.01. The number of amides is 3. The number of hydrogen-bond donors (Lipinski definition) is 2. The SMILES string of the molecule is Cc1ccc(N2C[C@@H](C(=O)NNC(=O)c3ccc([N+](=O)[O-])cc3)CC2=O)cc1C. The summed E-state index contributed by atoms with van der Waals surface area (Å²) in [6.45, 7) is 4.16. The molecule has 0 unspecified atom stereocenters. The fourth-order valence-electron chi connectivity index (χ4n) is 3.05. The Balaban J connectivity index is 1.58. The van der Waals surface area contributed by atoms with Gasteiger partial charge >= 0.3 is 0 Å². The molecular weight excluding hydrogens is 376 g/mol. The van der Waals surface area contributed by atoms with Gasteiger partial charge in [0.2, 0.25) is 11.8 Å². The van der Waals surface area contributed by atoms with E-state index in [1.807, 2.05) is 32.0 Å². The summed E-state index contributed by atoms with van der Waals surface area (Å²) in [6, 6.07) is 10.7. The molecule has 0 aliphatic carbocycles. The number of carbonyl (C=O) groups excluding carboxylic acids is 3. The molecule has 2 aromatic carbocycles. The highest BCUT2D eigenvalue weighted by Gasteiger charge is 2.35. The van der Waals surface area contributed by atoms with Crippen LogP contribution in [0.5, 0.6) is 0 Å². The van der Waals surface area contributed by atoms with E-state index in [0.717, 1.165) is 16.8 Å². The van der Waals surface area contributed by atoms with E-state index in [2.05, 4.69) is 10.9 Å². The molecule has 1 saturated heterocycles. The van der Waals surface area contributed by atoms with Gasteiger partial charge < -0.3 is 4.90 Å². The van der Waals surface area contributed by atoms with Gasteiger partial charge in [-0.15, -0.1) is 0 Å². The number of hydrogen-bond acceptors (Lipinski definition) is 5. The molecule has 1 aliphatic rings. The average Bonchev–Trinajstić information content (AvgIpc) is 3.09. The first kappa shape index (κ1) is 20.0. The Morgan fingerprint density at radius 2 is 1.76 bits per heavy atom. The van der Waals surface area contributed by atoms with Crippen LogP contribution in [0.3, 0.4) is 0 Å². The predicted molar refractivity (Wildman–Crippen MR) is 105 cm³/mol. The van der Waals surface area contributed by atoms with E-state index in [1.54, 1.807) is 4.90 Å². The zero-order valence-electron chi connectivity index (χ0n) is 16.0. The lowest BCUT2D eigenvalue weighted by Gasteiger charge is -2.18. The molecule has 9 heteroatoms. The Morgan fingerprint density at radius 3 is 2.38 bits per heavy atom. The van der Waals surface area contributed by atoms with Gasteiger partial charge in [0.05, 0.1) is 10.8 Å². The number of non-ortho nitro benzene ring substituents is 1. The van der Waals surface area contributed by atoms with E-state index in [-0.39, 0.29) is 30.1 Å². The molecule has 29 heavy (non-hydrogen) atoms. The van der Waals surface area contributed by atoms with E-state index >= 15 is 0 Å². The Kier molecular flexibility index (Phi) is 5.58. The first-order valence-corrected chi connectivity index (χ1v) is 8.98. The molecule has 0 spiro atoms. The van der Waals surface area contributed by atoms with Crippen molar-refractivity contribution in [3.8, 4) is 0 Å². The summed E-state index contributed by atoms with van der Waals surface area (Å²) in [6.07, 6.45) is 0.0478. The molecule has 0 aromatic heterocycles. The van der Waals surface area contributed by atoms with Crippen LogP contribution < -0.4 is 15.8 Å². The molecule has 2 N–H and O–H groups in total. The maximum absolute atomic E-state index is 12.4. The molecule has 1 aliphatic heterocycles. The fraction of sp³-hybridized carbons (Fsp3) is 0.250. The smallest absolute Gasteiger partial charge is 0.269 e. The molecular formula is C20H20N4O5.